The molecule has 0 amide bonds. The second-order valence-corrected chi connectivity index (χ2v) is 3.95. The monoisotopic (exact) mass is 160 g/mol. The molecule has 0 aliphatic rings. The van der Waals surface area contributed by atoms with Gasteiger partial charge in [0.05, 0.1) is 0 Å². The number of carboxylic acid groups (broad SMARTS) is 1. The third-order valence-electron chi connectivity index (χ3n) is 1.45. The third kappa shape index (κ3) is 5.85. The highest BCUT2D eigenvalue weighted by atomic mass is 16.4. The van der Waals surface area contributed by atoms with Crippen LogP contribution in [0.15, 0.2) is 0 Å². The zero-order valence-electron chi connectivity index (χ0n) is 7.29. The van der Waals surface area contributed by atoms with Gasteiger partial charge in [0.1, 0.15) is 0 Å². The molecule has 0 aromatic heterocycles. The lowest BCUT2D eigenvalue weighted by molar-refractivity contribution is -0.147. The molecule has 3 nitrogen and oxygen atoms in total. The van der Waals surface area contributed by atoms with Crippen LogP contribution in [0.25, 0.3) is 0 Å². The first-order chi connectivity index (χ1) is 4.83. The molecule has 0 unspecified atom stereocenters. The van der Waals surface area contributed by atoms with Crippen molar-refractivity contribution in [2.45, 2.75) is 39.7 Å². The Morgan fingerprint density at radius 2 is 1.91 bits per heavy atom. The van der Waals surface area contributed by atoms with Gasteiger partial charge in [-0.15, -0.1) is 0 Å². The van der Waals surface area contributed by atoms with E-state index in [1.165, 1.54) is 0 Å². The van der Waals surface area contributed by atoms with Crippen molar-refractivity contribution < 1.29 is 15.0 Å². The van der Waals surface area contributed by atoms with Crippen molar-refractivity contribution in [3.05, 3.63) is 0 Å². The topological polar surface area (TPSA) is 57.5 Å². The summed E-state index contributed by atoms with van der Waals surface area (Å²) in [5, 5.41) is 17.2. The number of aliphatic hydroxyl groups is 1. The summed E-state index contributed by atoms with van der Waals surface area (Å²) in [5.41, 5.74) is 0.0937. The van der Waals surface area contributed by atoms with Gasteiger partial charge in [-0.05, 0) is 18.3 Å². The van der Waals surface area contributed by atoms with Crippen molar-refractivity contribution in [3.63, 3.8) is 0 Å². The van der Waals surface area contributed by atoms with Gasteiger partial charge in [0, 0.05) is 0 Å². The van der Waals surface area contributed by atoms with Gasteiger partial charge < -0.3 is 10.2 Å². The summed E-state index contributed by atoms with van der Waals surface area (Å²) in [5.74, 6) is -1.13. The fourth-order valence-corrected chi connectivity index (χ4v) is 0.693. The van der Waals surface area contributed by atoms with E-state index in [4.69, 9.17) is 10.2 Å². The van der Waals surface area contributed by atoms with Crippen LogP contribution in [-0.4, -0.2) is 22.3 Å². The molecule has 11 heavy (non-hydrogen) atoms. The van der Waals surface area contributed by atoms with Crippen LogP contribution in [0.1, 0.15) is 33.6 Å². The van der Waals surface area contributed by atoms with E-state index in [0.29, 0.717) is 6.42 Å². The predicted molar refractivity (Wildman–Crippen MR) is 42.3 cm³/mol. The van der Waals surface area contributed by atoms with Gasteiger partial charge >= 0.3 is 5.97 Å². The van der Waals surface area contributed by atoms with Crippen molar-refractivity contribution in [1.82, 2.24) is 0 Å². The van der Waals surface area contributed by atoms with Crippen molar-refractivity contribution in [2.75, 3.05) is 0 Å². The molecule has 0 heterocycles. The largest absolute Gasteiger partial charge is 0.479 e. The van der Waals surface area contributed by atoms with Crippen LogP contribution >= 0.6 is 0 Å². The van der Waals surface area contributed by atoms with Crippen molar-refractivity contribution >= 4 is 5.97 Å². The Bertz CT molecular complexity index is 135. The van der Waals surface area contributed by atoms with Gasteiger partial charge in [-0.25, -0.2) is 4.79 Å². The van der Waals surface area contributed by atoms with Gasteiger partial charge in [-0.3, -0.25) is 0 Å². The minimum atomic E-state index is -1.20. The van der Waals surface area contributed by atoms with Gasteiger partial charge in [-0.2, -0.15) is 0 Å². The molecule has 0 aliphatic heterocycles. The maximum Gasteiger partial charge on any atom is 0.332 e. The van der Waals surface area contributed by atoms with E-state index in [1.807, 2.05) is 20.8 Å². The predicted octanol–water partition coefficient (Wildman–Crippen LogP) is 1.26. The van der Waals surface area contributed by atoms with E-state index < -0.39 is 12.1 Å². The molecule has 0 saturated carbocycles. The summed E-state index contributed by atoms with van der Waals surface area (Å²) in [6, 6.07) is 0. The van der Waals surface area contributed by atoms with Crippen molar-refractivity contribution in [1.29, 1.82) is 0 Å². The molecule has 2 N–H and O–H groups in total. The molecule has 0 aromatic carbocycles. The lowest BCUT2D eigenvalue weighted by Crippen LogP contribution is -2.21. The second kappa shape index (κ2) is 3.72. The maximum absolute atomic E-state index is 10.2. The average molecular weight is 160 g/mol. The van der Waals surface area contributed by atoms with Crippen LogP contribution in [0.3, 0.4) is 0 Å². The van der Waals surface area contributed by atoms with Crippen LogP contribution in [-0.2, 0) is 4.79 Å². The zero-order chi connectivity index (χ0) is 9.07. The van der Waals surface area contributed by atoms with Gasteiger partial charge in [0.25, 0.3) is 0 Å². The van der Waals surface area contributed by atoms with Gasteiger partial charge in [-0.1, -0.05) is 20.8 Å². The number of aliphatic carboxylic acids is 1. The minimum absolute atomic E-state index is 0.0937. The number of hydrogen-bond acceptors (Lipinski definition) is 2. The Morgan fingerprint density at radius 3 is 2.18 bits per heavy atom. The number of carbonyl (C=O) groups is 1. The van der Waals surface area contributed by atoms with Crippen LogP contribution in [0.5, 0.6) is 0 Å². The highest BCUT2D eigenvalue weighted by Gasteiger charge is 2.17. The fraction of sp³-hybridized carbons (Fsp3) is 0.875. The smallest absolute Gasteiger partial charge is 0.332 e. The summed E-state index contributed by atoms with van der Waals surface area (Å²) >= 11 is 0. The Hall–Kier alpha value is -0.570. The summed E-state index contributed by atoms with van der Waals surface area (Å²) in [6.45, 7) is 6.05. The van der Waals surface area contributed by atoms with Gasteiger partial charge in [0.15, 0.2) is 6.10 Å². The molecule has 0 spiro atoms. The summed E-state index contributed by atoms with van der Waals surface area (Å²) in [7, 11) is 0. The Kier molecular flexibility index (Phi) is 3.52. The minimum Gasteiger partial charge on any atom is -0.479 e. The quantitative estimate of drug-likeness (QED) is 0.653. The number of carboxylic acids is 1. The first-order valence-electron chi connectivity index (χ1n) is 3.74. The van der Waals surface area contributed by atoms with E-state index in [2.05, 4.69) is 0 Å². The second-order valence-electron chi connectivity index (χ2n) is 3.95. The molecule has 0 bridgehead atoms. The van der Waals surface area contributed by atoms with Crippen LogP contribution < -0.4 is 0 Å². The number of rotatable bonds is 3. The van der Waals surface area contributed by atoms with Gasteiger partial charge in [0.2, 0.25) is 0 Å². The zero-order valence-corrected chi connectivity index (χ0v) is 7.29. The van der Waals surface area contributed by atoms with E-state index in [1.54, 1.807) is 0 Å². The first-order valence-corrected chi connectivity index (χ1v) is 3.74. The highest BCUT2D eigenvalue weighted by molar-refractivity contribution is 5.71. The molecule has 66 valence electrons. The lowest BCUT2D eigenvalue weighted by atomic mass is 9.89. The molecule has 0 aliphatic carbocycles. The van der Waals surface area contributed by atoms with Crippen LogP contribution in [0, 0.1) is 5.41 Å². The molecule has 0 aromatic rings. The van der Waals surface area contributed by atoms with Crippen molar-refractivity contribution in [2.24, 2.45) is 5.41 Å². The fourth-order valence-electron chi connectivity index (χ4n) is 0.693. The molecular formula is C8H16O3. The normalized spacial score (nSPS) is 14.5. The molecule has 0 fully saturated rings. The number of hydrogen-bond donors (Lipinski definition) is 2. The Balaban J connectivity index is 3.63. The van der Waals surface area contributed by atoms with E-state index in [-0.39, 0.29) is 5.41 Å². The number of aliphatic hydroxyl groups excluding tert-OH is 1. The molecule has 3 heteroatoms. The lowest BCUT2D eigenvalue weighted by Gasteiger charge is -2.18. The standard InChI is InChI=1S/C8H16O3/c1-8(2,3)5-4-6(9)7(10)11/h6,9H,4-5H2,1-3H3,(H,10,11)/t6-/m1/s1. The van der Waals surface area contributed by atoms with E-state index >= 15 is 0 Å². The SMILES string of the molecule is CC(C)(C)CC[C@@H](O)C(=O)O. The summed E-state index contributed by atoms with van der Waals surface area (Å²) < 4.78 is 0. The van der Waals surface area contributed by atoms with Crippen LogP contribution in [0.4, 0.5) is 0 Å². The Morgan fingerprint density at radius 1 is 1.45 bits per heavy atom. The molecule has 0 rings (SSSR count). The summed E-state index contributed by atoms with van der Waals surface area (Å²) in [6.07, 6.45) is -0.145. The molecular weight excluding hydrogens is 144 g/mol. The summed E-state index contributed by atoms with van der Waals surface area (Å²) in [4.78, 5) is 10.2. The van der Waals surface area contributed by atoms with Crippen molar-refractivity contribution in [3.8, 4) is 0 Å². The first kappa shape index (κ1) is 10.4. The molecule has 1 atom stereocenters. The van der Waals surface area contributed by atoms with Crippen LogP contribution in [0.2, 0.25) is 0 Å². The third-order valence-corrected chi connectivity index (χ3v) is 1.45. The maximum atomic E-state index is 10.2. The molecule has 0 radical (unpaired) electrons. The average Bonchev–Trinajstić information content (AvgIpc) is 1.80. The van der Waals surface area contributed by atoms with E-state index in [0.717, 1.165) is 6.42 Å². The Labute approximate surface area is 67.0 Å². The van der Waals surface area contributed by atoms with E-state index in [9.17, 15) is 4.79 Å². The molecule has 0 saturated heterocycles. The highest BCUT2D eigenvalue weighted by Crippen LogP contribution is 2.21.